The fourth-order valence-electron chi connectivity index (χ4n) is 4.23. The lowest BCUT2D eigenvalue weighted by Gasteiger charge is -2.20. The molecule has 1 atom stereocenters. The van der Waals surface area contributed by atoms with Gasteiger partial charge in [-0.15, -0.1) is 22.7 Å². The topological polar surface area (TPSA) is 9.23 Å². The van der Waals surface area contributed by atoms with Gasteiger partial charge in [0.25, 0.3) is 0 Å². The van der Waals surface area contributed by atoms with Crippen LogP contribution in [0, 0.1) is 5.92 Å². The number of rotatable bonds is 11. The van der Waals surface area contributed by atoms with Crippen molar-refractivity contribution in [1.82, 2.24) is 0 Å². The van der Waals surface area contributed by atoms with Gasteiger partial charge in [-0.1, -0.05) is 79.0 Å². The van der Waals surface area contributed by atoms with Gasteiger partial charge < -0.3 is 4.74 Å². The van der Waals surface area contributed by atoms with Crippen LogP contribution in [-0.4, -0.2) is 6.61 Å². The van der Waals surface area contributed by atoms with E-state index in [1.807, 2.05) is 22.7 Å². The zero-order chi connectivity index (χ0) is 22.4. The quantitative estimate of drug-likeness (QED) is 0.280. The molecule has 168 valence electrons. The van der Waals surface area contributed by atoms with Crippen molar-refractivity contribution < 1.29 is 4.74 Å². The molecule has 3 rings (SSSR count). The summed E-state index contributed by atoms with van der Waals surface area (Å²) in [5.74, 6) is 2.68. The van der Waals surface area contributed by atoms with Crippen molar-refractivity contribution in [3.63, 3.8) is 0 Å². The third-order valence-electron chi connectivity index (χ3n) is 6.16. The second-order valence-electron chi connectivity index (χ2n) is 9.13. The summed E-state index contributed by atoms with van der Waals surface area (Å²) in [5, 5.41) is 4.42. The Bertz CT molecular complexity index is 921. The molecule has 0 aliphatic heterocycles. The van der Waals surface area contributed by atoms with Gasteiger partial charge in [-0.3, -0.25) is 0 Å². The van der Waals surface area contributed by atoms with Crippen molar-refractivity contribution in [3.8, 4) is 26.6 Å². The van der Waals surface area contributed by atoms with Gasteiger partial charge >= 0.3 is 0 Å². The average Bonchev–Trinajstić information content (AvgIpc) is 3.42. The second kappa shape index (κ2) is 11.3. The third-order valence-corrected chi connectivity index (χ3v) is 8.13. The Balaban J connectivity index is 1.97. The summed E-state index contributed by atoms with van der Waals surface area (Å²) in [6.45, 7) is 14.6. The third kappa shape index (κ3) is 5.62. The Labute approximate surface area is 197 Å². The fraction of sp³-hybridized carbons (Fsp3) is 0.500. The number of hydrogen-bond donors (Lipinski definition) is 0. The molecule has 1 nitrogen and oxygen atoms in total. The molecule has 3 heteroatoms. The Morgan fingerprint density at radius 2 is 1.48 bits per heavy atom. The van der Waals surface area contributed by atoms with Crippen LogP contribution in [-0.2, 0) is 0 Å². The Kier molecular flexibility index (Phi) is 8.80. The van der Waals surface area contributed by atoms with E-state index >= 15 is 0 Å². The highest BCUT2D eigenvalue weighted by atomic mass is 32.1. The summed E-state index contributed by atoms with van der Waals surface area (Å²) in [6, 6.07) is 11.3. The maximum atomic E-state index is 6.41. The first-order chi connectivity index (χ1) is 15.0. The molecule has 1 aromatic carbocycles. The predicted octanol–water partition coefficient (Wildman–Crippen LogP) is 9.99. The van der Waals surface area contributed by atoms with Crippen LogP contribution in [0.4, 0.5) is 0 Å². The average molecular weight is 455 g/mol. The van der Waals surface area contributed by atoms with Crippen LogP contribution in [0.15, 0.2) is 41.1 Å². The monoisotopic (exact) mass is 454 g/mol. The molecule has 0 spiro atoms. The molecule has 2 aromatic heterocycles. The van der Waals surface area contributed by atoms with Crippen molar-refractivity contribution in [2.24, 2.45) is 5.92 Å². The molecule has 0 fully saturated rings. The molecule has 0 saturated carbocycles. The molecule has 1 unspecified atom stereocenters. The SMILES string of the molecule is CCCCC(CC)COc1ccsc1-c1sccc1-c1c(C(C)C)cccc1C(C)C. The van der Waals surface area contributed by atoms with E-state index in [1.165, 1.54) is 57.7 Å². The van der Waals surface area contributed by atoms with Crippen molar-refractivity contribution in [3.05, 3.63) is 52.2 Å². The largest absolute Gasteiger partial charge is 0.492 e. The van der Waals surface area contributed by atoms with Gasteiger partial charge in [0.05, 0.1) is 16.4 Å². The minimum Gasteiger partial charge on any atom is -0.492 e. The van der Waals surface area contributed by atoms with Crippen molar-refractivity contribution >= 4 is 22.7 Å². The summed E-state index contributed by atoms with van der Waals surface area (Å²) in [5.41, 5.74) is 5.67. The van der Waals surface area contributed by atoms with Crippen molar-refractivity contribution in [2.75, 3.05) is 6.61 Å². The molecule has 3 aromatic rings. The minimum absolute atomic E-state index is 0.490. The first-order valence-corrected chi connectivity index (χ1v) is 13.6. The van der Waals surface area contributed by atoms with Crippen LogP contribution >= 0.6 is 22.7 Å². The number of benzene rings is 1. The molecule has 2 heterocycles. The van der Waals surface area contributed by atoms with E-state index in [9.17, 15) is 0 Å². The van der Waals surface area contributed by atoms with Crippen LogP contribution < -0.4 is 4.74 Å². The van der Waals surface area contributed by atoms with Crippen LogP contribution in [0.25, 0.3) is 20.9 Å². The Morgan fingerprint density at radius 1 is 0.839 bits per heavy atom. The Hall–Kier alpha value is -1.58. The molecule has 0 aliphatic rings. The predicted molar refractivity (Wildman–Crippen MR) is 140 cm³/mol. The summed E-state index contributed by atoms with van der Waals surface area (Å²) < 4.78 is 6.41. The van der Waals surface area contributed by atoms with E-state index in [0.717, 1.165) is 12.4 Å². The summed E-state index contributed by atoms with van der Waals surface area (Å²) in [7, 11) is 0. The van der Waals surface area contributed by atoms with Gasteiger partial charge in [-0.2, -0.15) is 0 Å². The molecule has 0 saturated heterocycles. The molecule has 0 bridgehead atoms. The van der Waals surface area contributed by atoms with Gasteiger partial charge in [0.2, 0.25) is 0 Å². The van der Waals surface area contributed by atoms with Crippen molar-refractivity contribution in [1.29, 1.82) is 0 Å². The van der Waals surface area contributed by atoms with Gasteiger partial charge in [-0.05, 0) is 63.8 Å². The van der Waals surface area contributed by atoms with E-state index in [-0.39, 0.29) is 0 Å². The van der Waals surface area contributed by atoms with Gasteiger partial charge in [0, 0.05) is 5.56 Å². The smallest absolute Gasteiger partial charge is 0.138 e. The van der Waals surface area contributed by atoms with Gasteiger partial charge in [-0.25, -0.2) is 0 Å². The highest BCUT2D eigenvalue weighted by molar-refractivity contribution is 7.21. The van der Waals surface area contributed by atoms with Crippen molar-refractivity contribution in [2.45, 2.75) is 79.1 Å². The highest BCUT2D eigenvalue weighted by Gasteiger charge is 2.22. The minimum atomic E-state index is 0.490. The Morgan fingerprint density at radius 3 is 2.10 bits per heavy atom. The molecule has 0 amide bonds. The van der Waals surface area contributed by atoms with Crippen LogP contribution in [0.3, 0.4) is 0 Å². The summed E-state index contributed by atoms with van der Waals surface area (Å²) in [6.07, 6.45) is 4.99. The molecule has 0 aliphatic carbocycles. The molecule has 0 N–H and O–H groups in total. The van der Waals surface area contributed by atoms with E-state index in [2.05, 4.69) is 82.6 Å². The van der Waals surface area contributed by atoms with Gasteiger partial charge in [0.1, 0.15) is 5.75 Å². The highest BCUT2D eigenvalue weighted by Crippen LogP contribution is 2.47. The zero-order valence-electron chi connectivity index (χ0n) is 20.0. The van der Waals surface area contributed by atoms with Crippen LogP contribution in [0.2, 0.25) is 0 Å². The first kappa shape index (κ1) is 24.1. The van der Waals surface area contributed by atoms with Crippen LogP contribution in [0.5, 0.6) is 5.75 Å². The fourth-order valence-corrected chi connectivity index (χ4v) is 6.15. The van der Waals surface area contributed by atoms with E-state index in [1.54, 1.807) is 0 Å². The standard InChI is InChI=1S/C28H38OS2/c1-7-9-11-21(8-2)18-29-25-15-17-31-28(25)27-24(14-16-30-27)26-22(19(3)4)12-10-13-23(26)20(5)6/h10,12-17,19-21H,7-9,11,18H2,1-6H3. The lowest BCUT2D eigenvalue weighted by atomic mass is 9.85. The van der Waals surface area contributed by atoms with E-state index < -0.39 is 0 Å². The first-order valence-electron chi connectivity index (χ1n) is 11.9. The number of unbranched alkanes of at least 4 members (excludes halogenated alkanes) is 1. The van der Waals surface area contributed by atoms with Gasteiger partial charge in [0.15, 0.2) is 0 Å². The van der Waals surface area contributed by atoms with E-state index in [4.69, 9.17) is 4.74 Å². The lowest BCUT2D eigenvalue weighted by Crippen LogP contribution is -2.11. The number of ether oxygens (including phenoxy) is 1. The molecule has 0 radical (unpaired) electrons. The van der Waals surface area contributed by atoms with E-state index in [0.29, 0.717) is 17.8 Å². The lowest BCUT2D eigenvalue weighted by molar-refractivity contribution is 0.235. The second-order valence-corrected chi connectivity index (χ2v) is 11.0. The maximum Gasteiger partial charge on any atom is 0.138 e. The number of hydrogen-bond acceptors (Lipinski definition) is 3. The normalized spacial score (nSPS) is 12.6. The molecular formula is C28H38OS2. The summed E-state index contributed by atoms with van der Waals surface area (Å²) >= 11 is 3.65. The zero-order valence-corrected chi connectivity index (χ0v) is 21.7. The molecular weight excluding hydrogens is 416 g/mol. The number of thiophene rings is 2. The summed E-state index contributed by atoms with van der Waals surface area (Å²) in [4.78, 5) is 2.63. The van der Waals surface area contributed by atoms with Crippen LogP contribution in [0.1, 0.15) is 90.2 Å². The molecule has 31 heavy (non-hydrogen) atoms. The maximum absolute atomic E-state index is 6.41.